The molecule has 0 aliphatic rings. The minimum absolute atomic E-state index is 0.0199. The number of hydrogen-bond acceptors (Lipinski definition) is 2. The van der Waals surface area contributed by atoms with Crippen LogP contribution in [0.1, 0.15) is 24.8 Å². The van der Waals surface area contributed by atoms with Gasteiger partial charge in [0.25, 0.3) is 0 Å². The van der Waals surface area contributed by atoms with E-state index in [1.165, 1.54) is 0 Å². The van der Waals surface area contributed by atoms with Gasteiger partial charge in [0.05, 0.1) is 17.6 Å². The van der Waals surface area contributed by atoms with Gasteiger partial charge in [-0.15, -0.1) is 0 Å². The Labute approximate surface area is 123 Å². The quantitative estimate of drug-likeness (QED) is 0.765. The van der Waals surface area contributed by atoms with Crippen LogP contribution in [0.25, 0.3) is 10.9 Å². The van der Waals surface area contributed by atoms with Crippen molar-refractivity contribution < 1.29 is 4.79 Å². The lowest BCUT2D eigenvalue weighted by molar-refractivity contribution is -0.117. The summed E-state index contributed by atoms with van der Waals surface area (Å²) in [7, 11) is 0. The number of nitrogens with one attached hydrogen (secondary N) is 2. The molecule has 0 fully saturated rings. The Morgan fingerprint density at radius 3 is 2.81 bits per heavy atom. The SMILES string of the molecule is CC[C@H](C(=O)Nc1ccc2[nH]ncc2c1)c1ccccc1. The number of amides is 1. The van der Waals surface area contributed by atoms with E-state index >= 15 is 0 Å². The average Bonchev–Trinajstić information content (AvgIpc) is 2.96. The van der Waals surface area contributed by atoms with Gasteiger partial charge in [-0.2, -0.15) is 5.10 Å². The van der Waals surface area contributed by atoms with Crippen molar-refractivity contribution in [3.8, 4) is 0 Å². The normalized spacial score (nSPS) is 12.2. The summed E-state index contributed by atoms with van der Waals surface area (Å²) in [6.45, 7) is 2.02. The predicted molar refractivity (Wildman–Crippen MR) is 84.2 cm³/mol. The molecule has 0 spiro atoms. The fraction of sp³-hybridized carbons (Fsp3) is 0.176. The van der Waals surface area contributed by atoms with Gasteiger partial charge in [0.2, 0.25) is 5.91 Å². The Morgan fingerprint density at radius 2 is 2.05 bits per heavy atom. The molecule has 1 amide bonds. The van der Waals surface area contributed by atoms with E-state index in [1.54, 1.807) is 6.20 Å². The lowest BCUT2D eigenvalue weighted by atomic mass is 9.95. The second kappa shape index (κ2) is 5.79. The number of hydrogen-bond donors (Lipinski definition) is 2. The summed E-state index contributed by atoms with van der Waals surface area (Å²) < 4.78 is 0. The van der Waals surface area contributed by atoms with Crippen molar-refractivity contribution in [3.05, 3.63) is 60.3 Å². The molecule has 0 saturated heterocycles. The van der Waals surface area contributed by atoms with Crippen molar-refractivity contribution in [1.82, 2.24) is 10.2 Å². The van der Waals surface area contributed by atoms with Gasteiger partial charge in [0.15, 0.2) is 0 Å². The Bertz CT molecular complexity index is 749. The van der Waals surface area contributed by atoms with E-state index in [9.17, 15) is 4.79 Å². The van der Waals surface area contributed by atoms with Crippen LogP contribution in [-0.2, 0) is 4.79 Å². The van der Waals surface area contributed by atoms with Gasteiger partial charge in [-0.1, -0.05) is 37.3 Å². The molecular formula is C17H17N3O. The maximum Gasteiger partial charge on any atom is 0.231 e. The van der Waals surface area contributed by atoms with Crippen LogP contribution in [0.2, 0.25) is 0 Å². The summed E-state index contributed by atoms with van der Waals surface area (Å²) in [6.07, 6.45) is 2.52. The lowest BCUT2D eigenvalue weighted by Gasteiger charge is -2.15. The van der Waals surface area contributed by atoms with Gasteiger partial charge >= 0.3 is 0 Å². The smallest absolute Gasteiger partial charge is 0.231 e. The highest BCUT2D eigenvalue weighted by atomic mass is 16.1. The number of aromatic nitrogens is 2. The van der Waals surface area contributed by atoms with Crippen molar-refractivity contribution in [3.63, 3.8) is 0 Å². The monoisotopic (exact) mass is 279 g/mol. The predicted octanol–water partition coefficient (Wildman–Crippen LogP) is 3.70. The molecule has 2 aromatic carbocycles. The highest BCUT2D eigenvalue weighted by Crippen LogP contribution is 2.23. The van der Waals surface area contributed by atoms with Crippen LogP contribution in [0.15, 0.2) is 54.7 Å². The Morgan fingerprint density at radius 1 is 1.24 bits per heavy atom. The molecular weight excluding hydrogens is 262 g/mol. The molecule has 4 heteroatoms. The number of aromatic amines is 1. The third-order valence-electron chi connectivity index (χ3n) is 3.63. The van der Waals surface area contributed by atoms with Gasteiger partial charge in [-0.05, 0) is 30.2 Å². The Balaban J connectivity index is 1.81. The van der Waals surface area contributed by atoms with Crippen LogP contribution in [0.3, 0.4) is 0 Å². The fourth-order valence-electron chi connectivity index (χ4n) is 2.51. The molecule has 0 saturated carbocycles. The van der Waals surface area contributed by atoms with Crippen molar-refractivity contribution in [2.24, 2.45) is 0 Å². The van der Waals surface area contributed by atoms with Gasteiger partial charge in [-0.3, -0.25) is 9.89 Å². The zero-order valence-corrected chi connectivity index (χ0v) is 11.8. The number of carbonyl (C=O) groups is 1. The molecule has 106 valence electrons. The first-order valence-electron chi connectivity index (χ1n) is 7.07. The summed E-state index contributed by atoms with van der Waals surface area (Å²) in [5.74, 6) is -0.113. The second-order valence-corrected chi connectivity index (χ2v) is 5.03. The van der Waals surface area contributed by atoms with Crippen molar-refractivity contribution in [1.29, 1.82) is 0 Å². The van der Waals surface area contributed by atoms with E-state index in [0.717, 1.165) is 28.6 Å². The minimum atomic E-state index is -0.133. The minimum Gasteiger partial charge on any atom is -0.326 e. The van der Waals surface area contributed by atoms with E-state index < -0.39 is 0 Å². The fourth-order valence-corrected chi connectivity index (χ4v) is 2.51. The highest BCUT2D eigenvalue weighted by Gasteiger charge is 2.18. The Hall–Kier alpha value is -2.62. The number of H-pyrrole nitrogens is 1. The lowest BCUT2D eigenvalue weighted by Crippen LogP contribution is -2.20. The zero-order chi connectivity index (χ0) is 14.7. The average molecular weight is 279 g/mol. The molecule has 1 heterocycles. The number of fused-ring (bicyclic) bond motifs is 1. The zero-order valence-electron chi connectivity index (χ0n) is 11.8. The summed E-state index contributed by atoms with van der Waals surface area (Å²) >= 11 is 0. The standard InChI is InChI=1S/C17H17N3O/c1-2-15(12-6-4-3-5-7-12)17(21)19-14-8-9-16-13(10-14)11-18-20-16/h3-11,15H,2H2,1H3,(H,18,20)(H,19,21)/t15-/m0/s1. The third kappa shape index (κ3) is 2.79. The molecule has 0 bridgehead atoms. The molecule has 0 radical (unpaired) electrons. The van der Waals surface area contributed by atoms with Gasteiger partial charge in [0, 0.05) is 11.1 Å². The first-order valence-corrected chi connectivity index (χ1v) is 7.07. The molecule has 4 nitrogen and oxygen atoms in total. The van der Waals surface area contributed by atoms with Crippen LogP contribution >= 0.6 is 0 Å². The largest absolute Gasteiger partial charge is 0.326 e. The van der Waals surface area contributed by atoms with Crippen molar-refractivity contribution in [2.75, 3.05) is 5.32 Å². The van der Waals surface area contributed by atoms with E-state index in [-0.39, 0.29) is 11.8 Å². The van der Waals surface area contributed by atoms with E-state index in [4.69, 9.17) is 0 Å². The summed E-state index contributed by atoms with van der Waals surface area (Å²) in [4.78, 5) is 12.5. The van der Waals surface area contributed by atoms with Crippen LogP contribution in [0.5, 0.6) is 0 Å². The summed E-state index contributed by atoms with van der Waals surface area (Å²) in [5.41, 5.74) is 2.80. The van der Waals surface area contributed by atoms with Crippen molar-refractivity contribution in [2.45, 2.75) is 19.3 Å². The first kappa shape index (κ1) is 13.4. The van der Waals surface area contributed by atoms with E-state index in [0.29, 0.717) is 0 Å². The molecule has 1 atom stereocenters. The maximum absolute atomic E-state index is 12.5. The molecule has 0 aliphatic heterocycles. The summed E-state index contributed by atoms with van der Waals surface area (Å²) in [6, 6.07) is 15.6. The second-order valence-electron chi connectivity index (χ2n) is 5.03. The summed E-state index contributed by atoms with van der Waals surface area (Å²) in [5, 5.41) is 10.9. The molecule has 21 heavy (non-hydrogen) atoms. The van der Waals surface area contributed by atoms with Gasteiger partial charge < -0.3 is 5.32 Å². The van der Waals surface area contributed by atoms with Crippen LogP contribution in [0.4, 0.5) is 5.69 Å². The van der Waals surface area contributed by atoms with Gasteiger partial charge in [-0.25, -0.2) is 0 Å². The maximum atomic E-state index is 12.5. The van der Waals surface area contributed by atoms with Crippen molar-refractivity contribution >= 4 is 22.5 Å². The number of nitrogens with zero attached hydrogens (tertiary/aromatic N) is 1. The number of benzene rings is 2. The highest BCUT2D eigenvalue weighted by molar-refractivity contribution is 5.97. The van der Waals surface area contributed by atoms with E-state index in [2.05, 4.69) is 15.5 Å². The molecule has 1 aromatic heterocycles. The molecule has 3 aromatic rings. The molecule has 2 N–H and O–H groups in total. The van der Waals surface area contributed by atoms with Crippen LogP contribution in [-0.4, -0.2) is 16.1 Å². The number of rotatable bonds is 4. The topological polar surface area (TPSA) is 57.8 Å². The first-order chi connectivity index (χ1) is 10.3. The Kier molecular flexibility index (Phi) is 3.69. The van der Waals surface area contributed by atoms with E-state index in [1.807, 2.05) is 55.5 Å². The molecule has 0 aliphatic carbocycles. The molecule has 0 unspecified atom stereocenters. The number of carbonyl (C=O) groups excluding carboxylic acids is 1. The van der Waals surface area contributed by atoms with Crippen LogP contribution in [0, 0.1) is 0 Å². The molecule has 3 rings (SSSR count). The van der Waals surface area contributed by atoms with Crippen LogP contribution < -0.4 is 5.32 Å². The van der Waals surface area contributed by atoms with Gasteiger partial charge in [0.1, 0.15) is 0 Å². The third-order valence-corrected chi connectivity index (χ3v) is 3.63. The number of anilines is 1.